The molecule has 8 heteroatoms. The predicted octanol–water partition coefficient (Wildman–Crippen LogP) is 0.594. The van der Waals surface area contributed by atoms with Gasteiger partial charge in [-0.25, -0.2) is 0 Å². The van der Waals surface area contributed by atoms with Crippen molar-refractivity contribution in [1.29, 1.82) is 0 Å². The molecule has 1 aliphatic rings. The van der Waals surface area contributed by atoms with Gasteiger partial charge in [-0.2, -0.15) is 5.10 Å². The molecule has 0 saturated carbocycles. The summed E-state index contributed by atoms with van der Waals surface area (Å²) in [6.45, 7) is 6.11. The molecule has 1 aromatic rings. The molecule has 1 amide bonds. The summed E-state index contributed by atoms with van der Waals surface area (Å²) in [4.78, 5) is 24.3. The number of carboxylic acids is 1. The fourth-order valence-electron chi connectivity index (χ4n) is 2.25. The number of rotatable bonds is 7. The van der Waals surface area contributed by atoms with E-state index < -0.39 is 11.2 Å². The van der Waals surface area contributed by atoms with E-state index in [0.717, 1.165) is 36.1 Å². The van der Waals surface area contributed by atoms with E-state index in [9.17, 15) is 14.7 Å². The van der Waals surface area contributed by atoms with Crippen molar-refractivity contribution in [3.8, 4) is 0 Å². The second-order valence-electron chi connectivity index (χ2n) is 5.09. The van der Waals surface area contributed by atoms with E-state index in [-0.39, 0.29) is 12.3 Å². The zero-order valence-electron chi connectivity index (χ0n) is 13.6. The average molecular weight is 347 g/mol. The van der Waals surface area contributed by atoms with Crippen LogP contribution >= 0.6 is 11.8 Å². The molecule has 0 unspecified atom stereocenters. The van der Waals surface area contributed by atoms with Gasteiger partial charge in [0, 0.05) is 31.2 Å². The number of carboxylic acid groups (broad SMARTS) is 1. The van der Waals surface area contributed by atoms with Gasteiger partial charge in [0.15, 0.2) is 5.17 Å². The molecule has 1 aliphatic heterocycles. The van der Waals surface area contributed by atoms with Gasteiger partial charge in [-0.15, -0.1) is 5.10 Å². The molecule has 1 atom stereocenters. The number of hydrogen-bond donors (Lipinski definition) is 1. The van der Waals surface area contributed by atoms with Crippen molar-refractivity contribution in [2.45, 2.75) is 25.5 Å². The number of benzene rings is 1. The lowest BCUT2D eigenvalue weighted by Gasteiger charge is -2.20. The SMILES string of the molecule is CCN(CC)c1ccc(/C=N\N=C2/NC(=O)[C@H](CC(=O)[O-])S2)cc1. The summed E-state index contributed by atoms with van der Waals surface area (Å²) in [5.41, 5.74) is 2.03. The van der Waals surface area contributed by atoms with Crippen LogP contribution in [0.4, 0.5) is 5.69 Å². The second-order valence-corrected chi connectivity index (χ2v) is 6.28. The molecule has 0 radical (unpaired) electrons. The Morgan fingerprint density at radius 3 is 2.58 bits per heavy atom. The Morgan fingerprint density at radius 1 is 1.33 bits per heavy atom. The number of amides is 1. The molecule has 1 saturated heterocycles. The van der Waals surface area contributed by atoms with Crippen molar-refractivity contribution < 1.29 is 14.7 Å². The topological polar surface area (TPSA) is 97.2 Å². The number of nitrogens with zero attached hydrogens (tertiary/aromatic N) is 3. The quantitative estimate of drug-likeness (QED) is 0.575. The number of nitrogens with one attached hydrogen (secondary N) is 1. The van der Waals surface area contributed by atoms with Crippen LogP contribution in [0.3, 0.4) is 0 Å². The van der Waals surface area contributed by atoms with Crippen molar-refractivity contribution in [1.82, 2.24) is 5.32 Å². The number of aliphatic carboxylic acids is 1. The van der Waals surface area contributed by atoms with Crippen LogP contribution in [0.25, 0.3) is 0 Å². The Labute approximate surface area is 144 Å². The first-order chi connectivity index (χ1) is 11.5. The third-order valence-electron chi connectivity index (χ3n) is 3.51. The molecule has 2 rings (SSSR count). The van der Waals surface area contributed by atoms with E-state index in [4.69, 9.17) is 0 Å². The predicted molar refractivity (Wildman–Crippen MR) is 94.2 cm³/mol. The fraction of sp³-hybridized carbons (Fsp3) is 0.375. The normalized spacial score (nSPS) is 19.0. The van der Waals surface area contributed by atoms with Crippen LogP contribution in [0.2, 0.25) is 0 Å². The van der Waals surface area contributed by atoms with Crippen LogP contribution in [0.1, 0.15) is 25.8 Å². The van der Waals surface area contributed by atoms with E-state index in [1.54, 1.807) is 6.21 Å². The van der Waals surface area contributed by atoms with Gasteiger partial charge < -0.3 is 20.1 Å². The lowest BCUT2D eigenvalue weighted by atomic mass is 10.2. The van der Waals surface area contributed by atoms with E-state index in [2.05, 4.69) is 34.3 Å². The van der Waals surface area contributed by atoms with Crippen LogP contribution < -0.4 is 15.3 Å². The molecule has 7 nitrogen and oxygen atoms in total. The first kappa shape index (κ1) is 18.0. The van der Waals surface area contributed by atoms with E-state index in [1.165, 1.54) is 0 Å². The lowest BCUT2D eigenvalue weighted by Crippen LogP contribution is -2.31. The zero-order valence-corrected chi connectivity index (χ0v) is 14.4. The smallest absolute Gasteiger partial charge is 0.239 e. The van der Waals surface area contributed by atoms with E-state index >= 15 is 0 Å². The van der Waals surface area contributed by atoms with Gasteiger partial charge in [-0.3, -0.25) is 4.79 Å². The van der Waals surface area contributed by atoms with Gasteiger partial charge in [-0.05, 0) is 31.5 Å². The van der Waals surface area contributed by atoms with Crippen LogP contribution in [-0.2, 0) is 9.59 Å². The number of thioether (sulfide) groups is 1. The largest absolute Gasteiger partial charge is 0.550 e. The minimum Gasteiger partial charge on any atom is -0.550 e. The Balaban J connectivity index is 1.96. The highest BCUT2D eigenvalue weighted by Gasteiger charge is 2.30. The molecule has 0 spiro atoms. The fourth-order valence-corrected chi connectivity index (χ4v) is 3.15. The molecule has 1 aromatic carbocycles. The van der Waals surface area contributed by atoms with Gasteiger partial charge in [0.25, 0.3) is 0 Å². The zero-order chi connectivity index (χ0) is 17.5. The summed E-state index contributed by atoms with van der Waals surface area (Å²) in [5.74, 6) is -1.65. The summed E-state index contributed by atoms with van der Waals surface area (Å²) in [6.07, 6.45) is 1.24. The summed E-state index contributed by atoms with van der Waals surface area (Å²) >= 11 is 1.04. The molecule has 0 aromatic heterocycles. The Bertz CT molecular complexity index is 654. The van der Waals surface area contributed by atoms with Crippen LogP contribution in [0, 0.1) is 0 Å². The molecular weight excluding hydrogens is 328 g/mol. The summed E-state index contributed by atoms with van der Waals surface area (Å²) in [6, 6.07) is 7.92. The molecule has 0 bridgehead atoms. The first-order valence-corrected chi connectivity index (χ1v) is 8.54. The monoisotopic (exact) mass is 347 g/mol. The highest BCUT2D eigenvalue weighted by atomic mass is 32.2. The Hall–Kier alpha value is -2.35. The highest BCUT2D eigenvalue weighted by molar-refractivity contribution is 8.15. The number of amidine groups is 1. The average Bonchev–Trinajstić information content (AvgIpc) is 2.89. The standard InChI is InChI=1S/C16H20N4O3S/c1-3-20(4-2)12-7-5-11(6-8-12)10-17-19-16-18-15(23)13(24-16)9-14(21)22/h5-8,10,13H,3-4,9H2,1-2H3,(H,21,22)(H,18,19,23)/p-1/b17-10-/t13-/m0/s1. The molecule has 128 valence electrons. The number of carbonyl (C=O) groups is 2. The maximum Gasteiger partial charge on any atom is 0.239 e. The van der Waals surface area contributed by atoms with E-state index in [1.807, 2.05) is 24.3 Å². The van der Waals surface area contributed by atoms with Crippen molar-refractivity contribution in [2.24, 2.45) is 10.2 Å². The molecule has 1 N–H and O–H groups in total. The van der Waals surface area contributed by atoms with Gasteiger partial charge in [0.1, 0.15) is 0 Å². The lowest BCUT2D eigenvalue weighted by molar-refractivity contribution is -0.305. The van der Waals surface area contributed by atoms with Crippen molar-refractivity contribution in [3.63, 3.8) is 0 Å². The molecule has 24 heavy (non-hydrogen) atoms. The molecular formula is C16H19N4O3S-. The molecule has 1 heterocycles. The highest BCUT2D eigenvalue weighted by Crippen LogP contribution is 2.22. The Kier molecular flexibility index (Phi) is 6.36. The molecule has 0 aliphatic carbocycles. The Morgan fingerprint density at radius 2 is 2.00 bits per heavy atom. The maximum atomic E-state index is 11.6. The third-order valence-corrected chi connectivity index (χ3v) is 4.58. The minimum absolute atomic E-state index is 0.294. The van der Waals surface area contributed by atoms with Gasteiger partial charge in [0.05, 0.1) is 11.5 Å². The van der Waals surface area contributed by atoms with E-state index in [0.29, 0.717) is 5.17 Å². The maximum absolute atomic E-state index is 11.6. The van der Waals surface area contributed by atoms with Crippen LogP contribution in [0.15, 0.2) is 34.5 Å². The number of anilines is 1. The first-order valence-electron chi connectivity index (χ1n) is 7.66. The second kappa shape index (κ2) is 8.49. The van der Waals surface area contributed by atoms with Gasteiger partial charge in [-0.1, -0.05) is 23.9 Å². The van der Waals surface area contributed by atoms with Gasteiger partial charge in [0.2, 0.25) is 5.91 Å². The minimum atomic E-state index is -1.26. The summed E-state index contributed by atoms with van der Waals surface area (Å²) in [7, 11) is 0. The summed E-state index contributed by atoms with van der Waals surface area (Å²) in [5, 5.41) is 20.5. The molecule has 1 fully saturated rings. The number of hydrogen-bond acceptors (Lipinski definition) is 7. The van der Waals surface area contributed by atoms with Crippen molar-refractivity contribution in [2.75, 3.05) is 18.0 Å². The summed E-state index contributed by atoms with van der Waals surface area (Å²) < 4.78 is 0. The van der Waals surface area contributed by atoms with Crippen LogP contribution in [0.5, 0.6) is 0 Å². The van der Waals surface area contributed by atoms with Crippen molar-refractivity contribution in [3.05, 3.63) is 29.8 Å². The van der Waals surface area contributed by atoms with Crippen molar-refractivity contribution >= 4 is 40.7 Å². The third kappa shape index (κ3) is 4.82. The van der Waals surface area contributed by atoms with Crippen LogP contribution in [-0.4, -0.2) is 41.6 Å². The van der Waals surface area contributed by atoms with Gasteiger partial charge >= 0.3 is 0 Å². The number of carbonyl (C=O) groups excluding carboxylic acids is 2.